The van der Waals surface area contributed by atoms with Crippen molar-refractivity contribution < 1.29 is 44.3 Å². The molecule has 0 aliphatic rings. The van der Waals surface area contributed by atoms with Gasteiger partial charge in [0.05, 0.1) is 0 Å². The molecule has 0 aliphatic heterocycles. The molecule has 0 bridgehead atoms. The van der Waals surface area contributed by atoms with E-state index in [1.165, 1.54) is 14.1 Å². The molecule has 37 heavy (non-hydrogen) atoms. The number of hydroxylamine groups is 4. The summed E-state index contributed by atoms with van der Waals surface area (Å²) in [7, 11) is 2.35. The van der Waals surface area contributed by atoms with Crippen LogP contribution in [0.2, 0.25) is 0 Å². The highest BCUT2D eigenvalue weighted by Crippen LogP contribution is 2.04. The van der Waals surface area contributed by atoms with Gasteiger partial charge in [-0.2, -0.15) is 0 Å². The molecule has 0 rings (SSSR count). The van der Waals surface area contributed by atoms with Crippen molar-refractivity contribution in [2.24, 2.45) is 0 Å². The molecule has 0 heterocycles. The number of amides is 6. The maximum absolute atomic E-state index is 12.6. The monoisotopic (exact) mass is 532 g/mol. The Bertz CT molecular complexity index is 761. The highest BCUT2D eigenvalue weighted by atomic mass is 16.5. The Morgan fingerprint density at radius 3 is 1.49 bits per heavy atom. The molecule has 15 heteroatoms. The van der Waals surface area contributed by atoms with Crippen molar-refractivity contribution in [1.82, 2.24) is 31.0 Å². The van der Waals surface area contributed by atoms with E-state index in [9.17, 15) is 28.8 Å². The number of hydrogen-bond acceptors (Lipinski definition) is 9. The molecular weight excluding hydrogens is 492 g/mol. The number of rotatable bonds is 19. The second-order valence-corrected chi connectivity index (χ2v) is 8.23. The van der Waals surface area contributed by atoms with Crippen LogP contribution in [0.15, 0.2) is 0 Å². The van der Waals surface area contributed by atoms with Crippen LogP contribution in [-0.4, -0.2) is 113 Å². The van der Waals surface area contributed by atoms with Crippen molar-refractivity contribution in [3.63, 3.8) is 0 Å². The van der Waals surface area contributed by atoms with Crippen LogP contribution in [0, 0.1) is 0 Å². The number of aliphatic hydroxyl groups is 1. The molecular formula is C22H40N6O9. The van der Waals surface area contributed by atoms with Gasteiger partial charge in [-0.25, -0.2) is 10.1 Å². The van der Waals surface area contributed by atoms with E-state index in [2.05, 4.69) is 16.0 Å². The maximum Gasteiger partial charge on any atom is 0.246 e. The van der Waals surface area contributed by atoms with Crippen LogP contribution < -0.4 is 16.0 Å². The Morgan fingerprint density at radius 2 is 0.973 bits per heavy atom. The van der Waals surface area contributed by atoms with Crippen molar-refractivity contribution in [3.8, 4) is 0 Å². The van der Waals surface area contributed by atoms with Crippen molar-refractivity contribution in [2.45, 2.75) is 57.8 Å². The lowest BCUT2D eigenvalue weighted by Crippen LogP contribution is -2.36. The van der Waals surface area contributed by atoms with Crippen LogP contribution >= 0.6 is 0 Å². The van der Waals surface area contributed by atoms with E-state index in [4.69, 9.17) is 15.5 Å². The second-order valence-electron chi connectivity index (χ2n) is 8.23. The SMILES string of the molecule is CN(O)C(=O)CCC(=O)NCCCCN(CCCNC(=O)CCC(=O)NCO)C(=O)CCC(=O)N(C)O. The zero-order valence-electron chi connectivity index (χ0n) is 21.5. The summed E-state index contributed by atoms with van der Waals surface area (Å²) in [4.78, 5) is 71.9. The summed E-state index contributed by atoms with van der Waals surface area (Å²) >= 11 is 0. The second kappa shape index (κ2) is 19.8. The van der Waals surface area contributed by atoms with Crippen LogP contribution in [0.25, 0.3) is 0 Å². The van der Waals surface area contributed by atoms with Crippen molar-refractivity contribution in [1.29, 1.82) is 0 Å². The fraction of sp³-hybridized carbons (Fsp3) is 0.727. The van der Waals surface area contributed by atoms with Gasteiger partial charge in [-0.3, -0.25) is 39.2 Å². The van der Waals surface area contributed by atoms with Gasteiger partial charge in [-0.1, -0.05) is 0 Å². The van der Waals surface area contributed by atoms with E-state index in [1.54, 1.807) is 4.90 Å². The van der Waals surface area contributed by atoms with E-state index < -0.39 is 24.5 Å². The van der Waals surface area contributed by atoms with Gasteiger partial charge in [0.1, 0.15) is 6.73 Å². The molecule has 6 amide bonds. The summed E-state index contributed by atoms with van der Waals surface area (Å²) in [5.41, 5.74) is 0. The first-order chi connectivity index (χ1) is 17.5. The lowest BCUT2D eigenvalue weighted by atomic mass is 10.2. The Kier molecular flexibility index (Phi) is 18.1. The molecule has 0 unspecified atom stereocenters. The summed E-state index contributed by atoms with van der Waals surface area (Å²) in [6, 6.07) is 0. The first-order valence-corrected chi connectivity index (χ1v) is 12.1. The molecule has 0 saturated heterocycles. The summed E-state index contributed by atoms with van der Waals surface area (Å²) in [6.45, 7) is 0.746. The minimum Gasteiger partial charge on any atom is -0.377 e. The quantitative estimate of drug-likeness (QED) is 0.0485. The van der Waals surface area contributed by atoms with Crippen LogP contribution in [0.4, 0.5) is 0 Å². The van der Waals surface area contributed by atoms with Gasteiger partial charge in [-0.05, 0) is 19.3 Å². The van der Waals surface area contributed by atoms with Gasteiger partial charge in [0.2, 0.25) is 35.4 Å². The molecule has 0 atom stereocenters. The molecule has 0 aromatic heterocycles. The third-order valence-corrected chi connectivity index (χ3v) is 5.15. The lowest BCUT2D eigenvalue weighted by molar-refractivity contribution is -0.160. The molecule has 0 saturated carbocycles. The first kappa shape index (κ1) is 33.7. The number of nitrogens with one attached hydrogen (secondary N) is 3. The third kappa shape index (κ3) is 17.7. The molecule has 15 nitrogen and oxygen atoms in total. The van der Waals surface area contributed by atoms with Gasteiger partial charge in [0.25, 0.3) is 0 Å². The predicted octanol–water partition coefficient (Wildman–Crippen LogP) is -1.68. The molecule has 212 valence electrons. The predicted molar refractivity (Wildman–Crippen MR) is 128 cm³/mol. The minimum absolute atomic E-state index is 0.0398. The van der Waals surface area contributed by atoms with Crippen LogP contribution in [0.1, 0.15) is 57.8 Å². The molecule has 0 fully saturated rings. The van der Waals surface area contributed by atoms with Crippen molar-refractivity contribution in [3.05, 3.63) is 0 Å². The first-order valence-electron chi connectivity index (χ1n) is 12.1. The van der Waals surface area contributed by atoms with Gasteiger partial charge in [-0.15, -0.1) is 0 Å². The molecule has 0 aromatic carbocycles. The molecule has 0 aromatic rings. The van der Waals surface area contributed by atoms with E-state index in [0.717, 1.165) is 0 Å². The van der Waals surface area contributed by atoms with E-state index >= 15 is 0 Å². The summed E-state index contributed by atoms with van der Waals surface area (Å²) in [6.07, 6.45) is 0.996. The average Bonchev–Trinajstić information content (AvgIpc) is 2.85. The van der Waals surface area contributed by atoms with Gasteiger partial charge in [0, 0.05) is 78.8 Å². The van der Waals surface area contributed by atoms with E-state index in [-0.39, 0.29) is 62.8 Å². The highest BCUT2D eigenvalue weighted by molar-refractivity contribution is 5.84. The molecule has 6 N–H and O–H groups in total. The minimum atomic E-state index is -0.598. The number of carbonyl (C=O) groups is 6. The topological polar surface area (TPSA) is 209 Å². The highest BCUT2D eigenvalue weighted by Gasteiger charge is 2.16. The lowest BCUT2D eigenvalue weighted by Gasteiger charge is -2.23. The van der Waals surface area contributed by atoms with Gasteiger partial charge < -0.3 is 26.0 Å². The number of aliphatic hydroxyl groups excluding tert-OH is 1. The Labute approximate surface area is 216 Å². The van der Waals surface area contributed by atoms with Crippen LogP contribution in [0.5, 0.6) is 0 Å². The smallest absolute Gasteiger partial charge is 0.246 e. The average molecular weight is 533 g/mol. The standard InChI is InChI=1S/C22H40N6O9/c1-26(36)20(33)9-8-18(31)23-12-3-4-14-28(22(35)11-10-21(34)27(2)37)15-5-13-24-17(30)6-7-19(32)25-16-29/h29,36-37H,3-16H2,1-2H3,(H,23,31)(H,24,30)(H,25,32). The molecule has 0 radical (unpaired) electrons. The molecule has 0 spiro atoms. The molecule has 0 aliphatic carbocycles. The Morgan fingerprint density at radius 1 is 0.568 bits per heavy atom. The fourth-order valence-corrected chi connectivity index (χ4v) is 3.01. The van der Waals surface area contributed by atoms with Gasteiger partial charge >= 0.3 is 0 Å². The number of unbranched alkanes of at least 4 members (excludes halogenated alkanes) is 1. The Hall–Kier alpha value is -3.30. The fourth-order valence-electron chi connectivity index (χ4n) is 3.01. The summed E-state index contributed by atoms with van der Waals surface area (Å²) in [5.74, 6) is -2.58. The zero-order chi connectivity index (χ0) is 28.2. The van der Waals surface area contributed by atoms with Crippen LogP contribution in [0.3, 0.4) is 0 Å². The van der Waals surface area contributed by atoms with Crippen LogP contribution in [-0.2, 0) is 28.8 Å². The van der Waals surface area contributed by atoms with E-state index in [0.29, 0.717) is 49.0 Å². The zero-order valence-corrected chi connectivity index (χ0v) is 21.5. The summed E-state index contributed by atoms with van der Waals surface area (Å²) in [5, 5.41) is 35.1. The maximum atomic E-state index is 12.6. The normalized spacial score (nSPS) is 10.3. The third-order valence-electron chi connectivity index (χ3n) is 5.15. The summed E-state index contributed by atoms with van der Waals surface area (Å²) < 4.78 is 0. The largest absolute Gasteiger partial charge is 0.377 e. The van der Waals surface area contributed by atoms with Crippen molar-refractivity contribution >= 4 is 35.4 Å². The van der Waals surface area contributed by atoms with E-state index in [1.807, 2.05) is 0 Å². The van der Waals surface area contributed by atoms with Gasteiger partial charge in [0.15, 0.2) is 0 Å². The Balaban J connectivity index is 4.49. The number of nitrogens with zero attached hydrogens (tertiary/aromatic N) is 3. The number of hydrogen-bond donors (Lipinski definition) is 6. The number of carbonyl (C=O) groups excluding carboxylic acids is 6. The van der Waals surface area contributed by atoms with Crippen molar-refractivity contribution in [2.75, 3.05) is 47.0 Å².